The first-order chi connectivity index (χ1) is 5.11. The van der Waals surface area contributed by atoms with Crippen LogP contribution in [-0.2, 0) is 4.79 Å². The number of carbonyl (C=O) groups is 1. The van der Waals surface area contributed by atoms with E-state index in [9.17, 15) is 4.79 Å². The molecule has 1 atom stereocenters. The van der Waals surface area contributed by atoms with Crippen molar-refractivity contribution in [2.24, 2.45) is 5.73 Å². The van der Waals surface area contributed by atoms with E-state index in [1.807, 2.05) is 0 Å². The number of amides is 1. The molecule has 0 saturated heterocycles. The Balaban J connectivity index is 3.67. The van der Waals surface area contributed by atoms with Crippen molar-refractivity contribution in [2.75, 3.05) is 26.7 Å². The number of carbonyl (C=O) groups excluding carboxylic acids is 1. The van der Waals surface area contributed by atoms with Crippen LogP contribution in [0.25, 0.3) is 0 Å². The van der Waals surface area contributed by atoms with Crippen molar-refractivity contribution in [3.63, 3.8) is 0 Å². The van der Waals surface area contributed by atoms with Gasteiger partial charge in [0.2, 0.25) is 5.91 Å². The number of hydrogen-bond acceptors (Lipinski definition) is 4. The lowest BCUT2D eigenvalue weighted by molar-refractivity contribution is -0.129. The zero-order valence-corrected chi connectivity index (χ0v) is 6.53. The highest BCUT2D eigenvalue weighted by Gasteiger charge is 2.10. The van der Waals surface area contributed by atoms with Crippen LogP contribution < -0.4 is 5.73 Å². The smallest absolute Gasteiger partial charge is 0.236 e. The Morgan fingerprint density at radius 1 is 1.73 bits per heavy atom. The zero-order chi connectivity index (χ0) is 8.85. The first-order valence-corrected chi connectivity index (χ1v) is 3.34. The molecule has 66 valence electrons. The van der Waals surface area contributed by atoms with Gasteiger partial charge >= 0.3 is 0 Å². The van der Waals surface area contributed by atoms with Gasteiger partial charge in [0.05, 0.1) is 19.3 Å². The standard InChI is InChI=1S/C6H14N2O3/c1-8(6(11)2-7)3-5(10)4-9/h5,9-10H,2-4,7H2,1H3/t5-/m1/s1. The van der Waals surface area contributed by atoms with Gasteiger partial charge in [-0.25, -0.2) is 0 Å². The van der Waals surface area contributed by atoms with Crippen molar-refractivity contribution in [1.29, 1.82) is 0 Å². The lowest BCUT2D eigenvalue weighted by Crippen LogP contribution is -2.39. The predicted molar refractivity (Wildman–Crippen MR) is 39.8 cm³/mol. The SMILES string of the molecule is CN(C[C@@H](O)CO)C(=O)CN. The Morgan fingerprint density at radius 2 is 2.27 bits per heavy atom. The van der Waals surface area contributed by atoms with E-state index >= 15 is 0 Å². The summed E-state index contributed by atoms with van der Waals surface area (Å²) in [5.74, 6) is -0.252. The van der Waals surface area contributed by atoms with Gasteiger partial charge in [0, 0.05) is 13.6 Å². The molecule has 0 aliphatic heterocycles. The molecule has 1 amide bonds. The Kier molecular flexibility index (Phi) is 4.76. The minimum atomic E-state index is -0.879. The molecule has 4 N–H and O–H groups in total. The van der Waals surface area contributed by atoms with Gasteiger partial charge in [0.1, 0.15) is 0 Å². The summed E-state index contributed by atoms with van der Waals surface area (Å²) >= 11 is 0. The van der Waals surface area contributed by atoms with E-state index in [0.29, 0.717) is 0 Å². The van der Waals surface area contributed by atoms with Crippen molar-refractivity contribution < 1.29 is 15.0 Å². The minimum Gasteiger partial charge on any atom is -0.394 e. The van der Waals surface area contributed by atoms with Crippen molar-refractivity contribution in [1.82, 2.24) is 4.90 Å². The second-order valence-electron chi connectivity index (χ2n) is 2.31. The van der Waals surface area contributed by atoms with Crippen molar-refractivity contribution in [2.45, 2.75) is 6.10 Å². The van der Waals surface area contributed by atoms with E-state index < -0.39 is 6.10 Å². The number of hydrogen-bond donors (Lipinski definition) is 3. The van der Waals surface area contributed by atoms with E-state index in [1.165, 1.54) is 11.9 Å². The molecule has 0 unspecified atom stereocenters. The number of likely N-dealkylation sites (N-methyl/N-ethyl adjacent to an activating group) is 1. The van der Waals surface area contributed by atoms with Crippen molar-refractivity contribution >= 4 is 5.91 Å². The second kappa shape index (κ2) is 5.06. The third kappa shape index (κ3) is 3.92. The molecule has 0 fully saturated rings. The average molecular weight is 162 g/mol. The Bertz CT molecular complexity index is 129. The van der Waals surface area contributed by atoms with Crippen LogP contribution in [0, 0.1) is 0 Å². The number of nitrogens with zero attached hydrogens (tertiary/aromatic N) is 1. The largest absolute Gasteiger partial charge is 0.394 e. The maximum absolute atomic E-state index is 10.8. The van der Waals surface area contributed by atoms with Gasteiger partial charge in [-0.2, -0.15) is 0 Å². The molecule has 0 aromatic rings. The summed E-state index contributed by atoms with van der Waals surface area (Å²) in [6, 6.07) is 0. The van der Waals surface area contributed by atoms with Crippen LogP contribution in [0.3, 0.4) is 0 Å². The van der Waals surface area contributed by atoms with Gasteiger partial charge in [-0.05, 0) is 0 Å². The van der Waals surface area contributed by atoms with Crippen LogP contribution >= 0.6 is 0 Å². The summed E-state index contributed by atoms with van der Waals surface area (Å²) in [6.07, 6.45) is -0.879. The van der Waals surface area contributed by atoms with E-state index in [0.717, 1.165) is 0 Å². The molecule has 0 aliphatic carbocycles. The molecule has 0 spiro atoms. The molecule has 0 saturated carbocycles. The summed E-state index contributed by atoms with van der Waals surface area (Å²) in [7, 11) is 1.52. The first kappa shape index (κ1) is 10.3. The zero-order valence-electron chi connectivity index (χ0n) is 6.53. The number of aliphatic hydroxyl groups excluding tert-OH is 2. The third-order valence-electron chi connectivity index (χ3n) is 1.30. The minimum absolute atomic E-state index is 0.0748. The van der Waals surface area contributed by atoms with Gasteiger partial charge in [-0.1, -0.05) is 0 Å². The average Bonchev–Trinajstić information content (AvgIpc) is 2.02. The Labute approximate surface area is 65.4 Å². The first-order valence-electron chi connectivity index (χ1n) is 3.34. The highest BCUT2D eigenvalue weighted by atomic mass is 16.3. The van der Waals surface area contributed by atoms with Crippen molar-refractivity contribution in [3.05, 3.63) is 0 Å². The van der Waals surface area contributed by atoms with E-state index in [1.54, 1.807) is 0 Å². The molecule has 11 heavy (non-hydrogen) atoms. The van der Waals surface area contributed by atoms with Crippen LogP contribution in [0.5, 0.6) is 0 Å². The molecular formula is C6H14N2O3. The van der Waals surface area contributed by atoms with Gasteiger partial charge in [-0.15, -0.1) is 0 Å². The second-order valence-corrected chi connectivity index (χ2v) is 2.31. The molecule has 0 aliphatic rings. The molecule has 5 nitrogen and oxygen atoms in total. The fourth-order valence-electron chi connectivity index (χ4n) is 0.632. The van der Waals surface area contributed by atoms with E-state index in [4.69, 9.17) is 15.9 Å². The fourth-order valence-corrected chi connectivity index (χ4v) is 0.632. The number of aliphatic hydroxyl groups is 2. The van der Waals surface area contributed by atoms with E-state index in [-0.39, 0.29) is 25.6 Å². The van der Waals surface area contributed by atoms with Crippen LogP contribution in [0.1, 0.15) is 0 Å². The molecule has 0 aromatic heterocycles. The molecular weight excluding hydrogens is 148 g/mol. The summed E-state index contributed by atoms with van der Waals surface area (Å²) < 4.78 is 0. The van der Waals surface area contributed by atoms with Gasteiger partial charge in [-0.3, -0.25) is 4.79 Å². The molecule has 0 aromatic carbocycles. The molecule has 5 heteroatoms. The summed E-state index contributed by atoms with van der Waals surface area (Å²) in [5.41, 5.74) is 5.05. The quantitative estimate of drug-likeness (QED) is 0.436. The van der Waals surface area contributed by atoms with Gasteiger partial charge in [0.15, 0.2) is 0 Å². The number of nitrogens with two attached hydrogens (primary N) is 1. The van der Waals surface area contributed by atoms with Crippen LogP contribution in [0.15, 0.2) is 0 Å². The Hall–Kier alpha value is -0.650. The lowest BCUT2D eigenvalue weighted by Gasteiger charge is -2.18. The predicted octanol–water partition coefficient (Wildman–Crippen LogP) is -2.24. The van der Waals surface area contributed by atoms with Crippen LogP contribution in [0.4, 0.5) is 0 Å². The lowest BCUT2D eigenvalue weighted by atomic mass is 10.3. The Morgan fingerprint density at radius 3 is 2.64 bits per heavy atom. The van der Waals surface area contributed by atoms with Gasteiger partial charge < -0.3 is 20.8 Å². The maximum atomic E-state index is 10.8. The van der Waals surface area contributed by atoms with Crippen molar-refractivity contribution in [3.8, 4) is 0 Å². The third-order valence-corrected chi connectivity index (χ3v) is 1.30. The molecule has 0 bridgehead atoms. The number of rotatable bonds is 4. The highest BCUT2D eigenvalue weighted by molar-refractivity contribution is 5.77. The normalized spacial score (nSPS) is 12.7. The summed E-state index contributed by atoms with van der Waals surface area (Å²) in [6.45, 7) is -0.302. The van der Waals surface area contributed by atoms with Gasteiger partial charge in [0.25, 0.3) is 0 Å². The molecule has 0 radical (unpaired) electrons. The molecule has 0 heterocycles. The summed E-state index contributed by atoms with van der Waals surface area (Å²) in [4.78, 5) is 12.1. The monoisotopic (exact) mass is 162 g/mol. The summed E-state index contributed by atoms with van der Waals surface area (Å²) in [5, 5.41) is 17.3. The maximum Gasteiger partial charge on any atom is 0.236 e. The molecule has 0 rings (SSSR count). The van der Waals surface area contributed by atoms with Crippen LogP contribution in [0.2, 0.25) is 0 Å². The topological polar surface area (TPSA) is 86.8 Å². The van der Waals surface area contributed by atoms with E-state index in [2.05, 4.69) is 0 Å². The highest BCUT2D eigenvalue weighted by Crippen LogP contribution is 1.87. The van der Waals surface area contributed by atoms with Crippen LogP contribution in [-0.4, -0.2) is 53.9 Å². The fraction of sp³-hybridized carbons (Fsp3) is 0.833.